The number of nitrogens with zero attached hydrogens (tertiary/aromatic N) is 6. The highest BCUT2D eigenvalue weighted by molar-refractivity contribution is 6.02. The predicted octanol–water partition coefficient (Wildman–Crippen LogP) is 1.75. The quantitative estimate of drug-likeness (QED) is 0.774. The van der Waals surface area contributed by atoms with Gasteiger partial charge in [-0.25, -0.2) is 0 Å². The first-order chi connectivity index (χ1) is 11.5. The van der Waals surface area contributed by atoms with Crippen LogP contribution in [0.25, 0.3) is 0 Å². The summed E-state index contributed by atoms with van der Waals surface area (Å²) >= 11 is 0. The monoisotopic (exact) mass is 327 g/mol. The van der Waals surface area contributed by atoms with Gasteiger partial charge in [0.1, 0.15) is 5.69 Å². The average Bonchev–Trinajstić information content (AvgIpc) is 3.21. The summed E-state index contributed by atoms with van der Waals surface area (Å²) in [6, 6.07) is 1.75. The number of nitrogens with one attached hydrogen (secondary N) is 1. The normalized spacial score (nSPS) is 11.0. The maximum Gasteiger partial charge on any atom is 0.274 e. The molecule has 0 unspecified atom stereocenters. The number of anilines is 1. The molecule has 126 valence electrons. The minimum absolute atomic E-state index is 0.201. The van der Waals surface area contributed by atoms with Crippen LogP contribution in [0.15, 0.2) is 24.7 Å². The zero-order valence-corrected chi connectivity index (χ0v) is 14.3. The molecule has 0 saturated heterocycles. The van der Waals surface area contributed by atoms with Gasteiger partial charge in [-0.15, -0.1) is 0 Å². The van der Waals surface area contributed by atoms with Gasteiger partial charge in [0.2, 0.25) is 0 Å². The molecule has 3 rings (SSSR count). The molecule has 3 heterocycles. The smallest absolute Gasteiger partial charge is 0.274 e. The third kappa shape index (κ3) is 3.08. The maximum absolute atomic E-state index is 12.3. The van der Waals surface area contributed by atoms with Crippen LogP contribution in [0.3, 0.4) is 0 Å². The van der Waals surface area contributed by atoms with E-state index < -0.39 is 0 Å². The van der Waals surface area contributed by atoms with Crippen LogP contribution in [0.2, 0.25) is 0 Å². The van der Waals surface area contributed by atoms with Crippen molar-refractivity contribution in [1.29, 1.82) is 0 Å². The second kappa shape index (κ2) is 6.31. The number of aromatic nitrogens is 6. The number of carbonyl (C=O) groups is 1. The summed E-state index contributed by atoms with van der Waals surface area (Å²) in [6.45, 7) is 7.42. The van der Waals surface area contributed by atoms with Crippen LogP contribution in [-0.4, -0.2) is 35.2 Å². The Kier molecular flexibility index (Phi) is 4.20. The van der Waals surface area contributed by atoms with Gasteiger partial charge in [-0.2, -0.15) is 15.3 Å². The summed E-state index contributed by atoms with van der Waals surface area (Å²) in [5.41, 5.74) is 4.21. The summed E-state index contributed by atoms with van der Waals surface area (Å²) in [6.07, 6.45) is 5.31. The molecule has 0 saturated carbocycles. The van der Waals surface area contributed by atoms with E-state index in [0.717, 1.165) is 23.5 Å². The average molecular weight is 327 g/mol. The Morgan fingerprint density at radius 1 is 1.25 bits per heavy atom. The first-order valence-electron chi connectivity index (χ1n) is 7.83. The van der Waals surface area contributed by atoms with Crippen LogP contribution in [-0.2, 0) is 20.1 Å². The third-order valence-electron chi connectivity index (χ3n) is 3.96. The van der Waals surface area contributed by atoms with E-state index >= 15 is 0 Å². The second-order valence-corrected chi connectivity index (χ2v) is 5.75. The number of hydrogen-bond donors (Lipinski definition) is 1. The molecule has 3 aromatic rings. The Bertz CT molecular complexity index is 871. The molecule has 0 radical (unpaired) electrons. The highest BCUT2D eigenvalue weighted by Crippen LogP contribution is 2.13. The van der Waals surface area contributed by atoms with Gasteiger partial charge in [-0.05, 0) is 26.8 Å². The Morgan fingerprint density at radius 2 is 2.04 bits per heavy atom. The molecule has 24 heavy (non-hydrogen) atoms. The first kappa shape index (κ1) is 16.0. The molecule has 0 aliphatic heterocycles. The van der Waals surface area contributed by atoms with Crippen LogP contribution >= 0.6 is 0 Å². The number of aryl methyl sites for hydroxylation is 3. The lowest BCUT2D eigenvalue weighted by atomic mass is 10.2. The number of rotatable bonds is 5. The molecule has 1 N–H and O–H groups in total. The molecule has 0 spiro atoms. The molecule has 8 heteroatoms. The Morgan fingerprint density at radius 3 is 2.67 bits per heavy atom. The molecular weight excluding hydrogens is 306 g/mol. The van der Waals surface area contributed by atoms with E-state index in [0.29, 0.717) is 17.9 Å². The lowest BCUT2D eigenvalue weighted by Crippen LogP contribution is -2.15. The van der Waals surface area contributed by atoms with E-state index in [1.165, 1.54) is 0 Å². The highest BCUT2D eigenvalue weighted by atomic mass is 16.2. The Hall–Kier alpha value is -2.90. The zero-order valence-electron chi connectivity index (χ0n) is 14.3. The van der Waals surface area contributed by atoms with E-state index in [1.807, 2.05) is 30.9 Å². The second-order valence-electron chi connectivity index (χ2n) is 5.75. The molecule has 0 aliphatic rings. The number of carbonyl (C=O) groups excluding carboxylic acids is 1. The fourth-order valence-electron chi connectivity index (χ4n) is 2.67. The largest absolute Gasteiger partial charge is 0.318 e. The lowest BCUT2D eigenvalue weighted by Gasteiger charge is -2.03. The molecular formula is C16H21N7O. The van der Waals surface area contributed by atoms with Crippen LogP contribution in [0.5, 0.6) is 0 Å². The minimum atomic E-state index is -0.201. The van der Waals surface area contributed by atoms with Crippen LogP contribution < -0.4 is 5.32 Å². The van der Waals surface area contributed by atoms with Gasteiger partial charge in [-0.1, -0.05) is 0 Å². The highest BCUT2D eigenvalue weighted by Gasteiger charge is 2.13. The van der Waals surface area contributed by atoms with Gasteiger partial charge in [0, 0.05) is 31.0 Å². The molecule has 0 fully saturated rings. The zero-order chi connectivity index (χ0) is 17.3. The van der Waals surface area contributed by atoms with Crippen molar-refractivity contribution < 1.29 is 4.79 Å². The summed E-state index contributed by atoms with van der Waals surface area (Å²) < 4.78 is 5.30. The van der Waals surface area contributed by atoms with Crippen LogP contribution in [0.4, 0.5) is 5.69 Å². The van der Waals surface area contributed by atoms with Crippen molar-refractivity contribution in [3.8, 4) is 0 Å². The van der Waals surface area contributed by atoms with Crippen molar-refractivity contribution >= 4 is 11.6 Å². The molecule has 0 bridgehead atoms. The molecule has 3 aromatic heterocycles. The van der Waals surface area contributed by atoms with Crippen molar-refractivity contribution in [1.82, 2.24) is 29.3 Å². The summed E-state index contributed by atoms with van der Waals surface area (Å²) in [7, 11) is 1.75. The SMILES string of the molecule is CCn1ncc(Cn2cc(NC(=O)c3cc(C)nn3C)cn2)c1C. The topological polar surface area (TPSA) is 82.6 Å². The fraction of sp³-hybridized carbons (Fsp3) is 0.375. The Balaban J connectivity index is 1.70. The molecule has 1 amide bonds. The van der Waals surface area contributed by atoms with E-state index in [-0.39, 0.29) is 5.91 Å². The number of amides is 1. The van der Waals surface area contributed by atoms with E-state index in [1.54, 1.807) is 28.7 Å². The Labute approximate surface area is 140 Å². The van der Waals surface area contributed by atoms with Gasteiger partial charge in [0.05, 0.1) is 30.3 Å². The minimum Gasteiger partial charge on any atom is -0.318 e. The van der Waals surface area contributed by atoms with Crippen molar-refractivity contribution in [2.24, 2.45) is 7.05 Å². The molecule has 8 nitrogen and oxygen atoms in total. The summed E-state index contributed by atoms with van der Waals surface area (Å²) in [5, 5.41) is 15.7. The molecule has 0 aliphatic carbocycles. The van der Waals surface area contributed by atoms with Gasteiger partial charge in [-0.3, -0.25) is 18.8 Å². The van der Waals surface area contributed by atoms with Gasteiger partial charge >= 0.3 is 0 Å². The number of hydrogen-bond acceptors (Lipinski definition) is 4. The van der Waals surface area contributed by atoms with Crippen molar-refractivity contribution in [3.63, 3.8) is 0 Å². The standard InChI is InChI=1S/C16H21N7O/c1-5-23-12(3)13(7-18-23)9-22-10-14(8-17-22)19-16(24)15-6-11(2)20-21(15)4/h6-8,10H,5,9H2,1-4H3,(H,19,24). The van der Waals surface area contributed by atoms with Gasteiger partial charge in [0.25, 0.3) is 5.91 Å². The van der Waals surface area contributed by atoms with Gasteiger partial charge in [0.15, 0.2) is 0 Å². The van der Waals surface area contributed by atoms with Crippen molar-refractivity contribution in [3.05, 3.63) is 47.3 Å². The molecule has 0 atom stereocenters. The van der Waals surface area contributed by atoms with Crippen molar-refractivity contribution in [2.45, 2.75) is 33.9 Å². The first-order valence-corrected chi connectivity index (χ1v) is 7.83. The van der Waals surface area contributed by atoms with Crippen molar-refractivity contribution in [2.75, 3.05) is 5.32 Å². The molecule has 0 aromatic carbocycles. The maximum atomic E-state index is 12.3. The van der Waals surface area contributed by atoms with E-state index in [9.17, 15) is 4.79 Å². The summed E-state index contributed by atoms with van der Waals surface area (Å²) in [4.78, 5) is 12.3. The van der Waals surface area contributed by atoms with Crippen LogP contribution in [0.1, 0.15) is 34.4 Å². The van der Waals surface area contributed by atoms with Gasteiger partial charge < -0.3 is 5.32 Å². The van der Waals surface area contributed by atoms with E-state index in [2.05, 4.69) is 27.5 Å². The summed E-state index contributed by atoms with van der Waals surface area (Å²) in [5.74, 6) is -0.201. The lowest BCUT2D eigenvalue weighted by molar-refractivity contribution is 0.101. The van der Waals surface area contributed by atoms with Crippen LogP contribution in [0, 0.1) is 13.8 Å². The third-order valence-corrected chi connectivity index (χ3v) is 3.96. The predicted molar refractivity (Wildman–Crippen MR) is 89.9 cm³/mol. The van der Waals surface area contributed by atoms with E-state index in [4.69, 9.17) is 0 Å². The fourth-order valence-corrected chi connectivity index (χ4v) is 2.67.